The molecule has 3 aromatic rings. The van der Waals surface area contributed by atoms with E-state index in [1.165, 1.54) is 4.90 Å². The van der Waals surface area contributed by atoms with Crippen molar-refractivity contribution in [3.8, 4) is 0 Å². The molecule has 0 aromatic carbocycles. The summed E-state index contributed by atoms with van der Waals surface area (Å²) in [7, 11) is 1.81. The number of imidazole rings is 1. The Morgan fingerprint density at radius 1 is 1.27 bits per heavy atom. The molecule has 4 heterocycles. The Morgan fingerprint density at radius 2 is 2.08 bits per heavy atom. The van der Waals surface area contributed by atoms with Gasteiger partial charge in [0.25, 0.3) is 5.92 Å². The molecule has 1 fully saturated rings. The van der Waals surface area contributed by atoms with Crippen LogP contribution in [0.15, 0.2) is 18.7 Å². The number of anilines is 3. The van der Waals surface area contributed by atoms with Gasteiger partial charge in [-0.25, -0.2) is 13.8 Å². The molecular formula is C16H20F2N8. The van der Waals surface area contributed by atoms with Crippen molar-refractivity contribution in [1.82, 2.24) is 29.3 Å². The minimum absolute atomic E-state index is 0.133. The summed E-state index contributed by atoms with van der Waals surface area (Å²) in [5.41, 5.74) is 1.95. The number of alkyl halides is 2. The first-order valence-corrected chi connectivity index (χ1v) is 8.45. The number of nitrogens with one attached hydrogen (secondary N) is 1. The molecule has 0 aliphatic carbocycles. The summed E-state index contributed by atoms with van der Waals surface area (Å²) in [6.07, 6.45) is 4.97. The number of nitrogens with zero attached hydrogens (tertiary/aromatic N) is 7. The molecule has 26 heavy (non-hydrogen) atoms. The Labute approximate surface area is 148 Å². The maximum Gasteiger partial charge on any atom is 0.267 e. The Balaban J connectivity index is 1.80. The third-order valence-corrected chi connectivity index (χ3v) is 4.39. The van der Waals surface area contributed by atoms with Crippen LogP contribution in [0.1, 0.15) is 26.3 Å². The van der Waals surface area contributed by atoms with E-state index in [4.69, 9.17) is 0 Å². The lowest BCUT2D eigenvalue weighted by molar-refractivity contribution is 0.0256. The first-order chi connectivity index (χ1) is 12.3. The van der Waals surface area contributed by atoms with Crippen molar-refractivity contribution < 1.29 is 8.78 Å². The molecule has 0 radical (unpaired) electrons. The van der Waals surface area contributed by atoms with Gasteiger partial charge in [0.15, 0.2) is 17.0 Å². The maximum absolute atomic E-state index is 13.7. The van der Waals surface area contributed by atoms with Gasteiger partial charge in [0.1, 0.15) is 0 Å². The number of aromatic nitrogens is 6. The lowest BCUT2D eigenvalue weighted by atomic mass is 10.3. The summed E-state index contributed by atoms with van der Waals surface area (Å²) >= 11 is 0. The molecule has 10 heteroatoms. The van der Waals surface area contributed by atoms with Crippen LogP contribution < -0.4 is 10.2 Å². The quantitative estimate of drug-likeness (QED) is 0.769. The molecule has 0 amide bonds. The van der Waals surface area contributed by atoms with E-state index in [-0.39, 0.29) is 31.5 Å². The number of fused-ring (bicyclic) bond motifs is 1. The molecule has 8 nitrogen and oxygen atoms in total. The third kappa shape index (κ3) is 2.95. The van der Waals surface area contributed by atoms with Crippen LogP contribution in [-0.4, -0.2) is 48.3 Å². The smallest absolute Gasteiger partial charge is 0.267 e. The lowest BCUT2D eigenvalue weighted by Gasteiger charge is -2.18. The van der Waals surface area contributed by atoms with Crippen LogP contribution in [0.5, 0.6) is 0 Å². The van der Waals surface area contributed by atoms with Gasteiger partial charge in [-0.2, -0.15) is 15.1 Å². The van der Waals surface area contributed by atoms with Gasteiger partial charge in [0.2, 0.25) is 5.95 Å². The van der Waals surface area contributed by atoms with E-state index in [1.807, 2.05) is 25.5 Å². The molecule has 4 rings (SSSR count). The molecule has 1 N–H and O–H groups in total. The van der Waals surface area contributed by atoms with Crippen molar-refractivity contribution in [2.45, 2.75) is 32.2 Å². The van der Waals surface area contributed by atoms with Gasteiger partial charge < -0.3 is 14.8 Å². The minimum Gasteiger partial charge on any atom is -0.336 e. The lowest BCUT2D eigenvalue weighted by Crippen LogP contribution is -2.26. The Hall–Kier alpha value is -2.78. The average molecular weight is 362 g/mol. The van der Waals surface area contributed by atoms with Gasteiger partial charge in [-0.15, -0.1) is 0 Å². The highest BCUT2D eigenvalue weighted by molar-refractivity contribution is 5.86. The fourth-order valence-electron chi connectivity index (χ4n) is 3.04. The largest absolute Gasteiger partial charge is 0.336 e. The van der Waals surface area contributed by atoms with Crippen LogP contribution in [0.4, 0.5) is 26.2 Å². The van der Waals surface area contributed by atoms with E-state index < -0.39 is 5.92 Å². The third-order valence-electron chi connectivity index (χ3n) is 4.39. The van der Waals surface area contributed by atoms with E-state index in [2.05, 4.69) is 25.4 Å². The summed E-state index contributed by atoms with van der Waals surface area (Å²) in [5, 5.41) is 7.30. The van der Waals surface area contributed by atoms with E-state index in [1.54, 1.807) is 23.4 Å². The monoisotopic (exact) mass is 362 g/mol. The number of hydrogen-bond donors (Lipinski definition) is 1. The second-order valence-corrected chi connectivity index (χ2v) is 6.85. The van der Waals surface area contributed by atoms with Crippen LogP contribution in [0, 0.1) is 0 Å². The van der Waals surface area contributed by atoms with E-state index >= 15 is 0 Å². The molecule has 0 spiro atoms. The van der Waals surface area contributed by atoms with Gasteiger partial charge in [0, 0.05) is 32.3 Å². The highest BCUT2D eigenvalue weighted by Crippen LogP contribution is 2.32. The molecule has 1 aliphatic rings. The van der Waals surface area contributed by atoms with Crippen LogP contribution >= 0.6 is 0 Å². The van der Waals surface area contributed by atoms with Crippen molar-refractivity contribution in [3.63, 3.8) is 0 Å². The summed E-state index contributed by atoms with van der Waals surface area (Å²) < 4.78 is 30.9. The number of hydrogen-bond acceptors (Lipinski definition) is 6. The van der Waals surface area contributed by atoms with E-state index in [9.17, 15) is 8.78 Å². The summed E-state index contributed by atoms with van der Waals surface area (Å²) in [6.45, 7) is 3.88. The van der Waals surface area contributed by atoms with Crippen LogP contribution in [0.2, 0.25) is 0 Å². The summed E-state index contributed by atoms with van der Waals surface area (Å²) in [5.74, 6) is -1.95. The molecule has 3 aromatic heterocycles. The first kappa shape index (κ1) is 16.7. The molecule has 0 saturated carbocycles. The van der Waals surface area contributed by atoms with Gasteiger partial charge in [-0.1, -0.05) is 0 Å². The fourth-order valence-corrected chi connectivity index (χ4v) is 3.04. The Kier molecular flexibility index (Phi) is 3.78. The number of rotatable bonds is 4. The normalized spacial score (nSPS) is 16.8. The Morgan fingerprint density at radius 3 is 2.69 bits per heavy atom. The maximum atomic E-state index is 13.7. The molecule has 0 unspecified atom stereocenters. The van der Waals surface area contributed by atoms with Gasteiger partial charge >= 0.3 is 0 Å². The van der Waals surface area contributed by atoms with Crippen molar-refractivity contribution in [2.24, 2.45) is 7.05 Å². The zero-order valence-corrected chi connectivity index (χ0v) is 14.8. The standard InChI is InChI=1S/C16H20F2N8/c1-10(2)26-9-19-12-13(21-11-6-20-24(3)7-11)22-15(23-14(12)26)25-5-4-16(17,18)8-25/h6-7,9-10H,4-5,8H2,1-3H3,(H,21,22,23). The fraction of sp³-hybridized carbons (Fsp3) is 0.500. The average Bonchev–Trinajstić information content (AvgIpc) is 3.25. The van der Waals surface area contributed by atoms with Crippen LogP contribution in [-0.2, 0) is 7.05 Å². The molecule has 1 saturated heterocycles. The summed E-state index contributed by atoms with van der Waals surface area (Å²) in [6, 6.07) is 0.133. The molecule has 138 valence electrons. The van der Waals surface area contributed by atoms with Gasteiger partial charge in [-0.05, 0) is 13.8 Å². The molecular weight excluding hydrogens is 342 g/mol. The molecule has 0 bridgehead atoms. The number of aryl methyl sites for hydroxylation is 1. The van der Waals surface area contributed by atoms with Crippen molar-refractivity contribution in [1.29, 1.82) is 0 Å². The highest BCUT2D eigenvalue weighted by atomic mass is 19.3. The Bertz CT molecular complexity index is 945. The molecule has 1 aliphatic heterocycles. The van der Waals surface area contributed by atoms with Crippen molar-refractivity contribution in [2.75, 3.05) is 23.3 Å². The number of halogens is 2. The SMILES string of the molecule is CC(C)n1cnc2c(Nc3cnn(C)c3)nc(N3CCC(F)(F)C3)nc21. The van der Waals surface area contributed by atoms with Gasteiger partial charge in [-0.3, -0.25) is 4.68 Å². The minimum atomic E-state index is -2.71. The zero-order chi connectivity index (χ0) is 18.5. The highest BCUT2D eigenvalue weighted by Gasteiger charge is 2.39. The van der Waals surface area contributed by atoms with Crippen molar-refractivity contribution >= 4 is 28.6 Å². The van der Waals surface area contributed by atoms with Crippen molar-refractivity contribution in [3.05, 3.63) is 18.7 Å². The molecule has 0 atom stereocenters. The van der Waals surface area contributed by atoms with E-state index in [0.717, 1.165) is 5.69 Å². The van der Waals surface area contributed by atoms with E-state index in [0.29, 0.717) is 17.0 Å². The predicted molar refractivity (Wildman–Crippen MR) is 94.0 cm³/mol. The zero-order valence-electron chi connectivity index (χ0n) is 14.8. The van der Waals surface area contributed by atoms with Crippen LogP contribution in [0.3, 0.4) is 0 Å². The summed E-state index contributed by atoms with van der Waals surface area (Å²) in [4.78, 5) is 15.0. The second kappa shape index (κ2) is 5.89. The van der Waals surface area contributed by atoms with Gasteiger partial charge in [0.05, 0.1) is 24.8 Å². The first-order valence-electron chi connectivity index (χ1n) is 8.45. The second-order valence-electron chi connectivity index (χ2n) is 6.85. The van der Waals surface area contributed by atoms with Crippen LogP contribution in [0.25, 0.3) is 11.2 Å². The topological polar surface area (TPSA) is 76.7 Å². The predicted octanol–water partition coefficient (Wildman–Crippen LogP) is 2.73.